The lowest BCUT2D eigenvalue weighted by Gasteiger charge is -2.33. The number of anilines is 1. The molecule has 0 saturated carbocycles. The standard InChI is InChI=1S/C20H22N2O5S/c1-27-19(23)17-9-7-16(8-10-17)15-22(18-5-3-2-4-6-18)20(24)21-11-13-28(25,26)14-12-21/h2-10H,11-15H2,1H3. The number of hydrogen-bond donors (Lipinski definition) is 0. The van der Waals surface area contributed by atoms with Gasteiger partial charge in [0, 0.05) is 18.8 Å². The number of amides is 2. The molecule has 1 aliphatic heterocycles. The molecule has 148 valence electrons. The van der Waals surface area contributed by atoms with Crippen LogP contribution in [0.1, 0.15) is 15.9 Å². The Morgan fingerprint density at radius 3 is 2.18 bits per heavy atom. The van der Waals surface area contributed by atoms with Crippen LogP contribution >= 0.6 is 0 Å². The number of urea groups is 1. The van der Waals surface area contributed by atoms with E-state index in [0.717, 1.165) is 11.3 Å². The first kappa shape index (κ1) is 19.9. The molecule has 28 heavy (non-hydrogen) atoms. The maximum atomic E-state index is 13.1. The molecule has 3 rings (SSSR count). The van der Waals surface area contributed by atoms with Gasteiger partial charge < -0.3 is 9.64 Å². The largest absolute Gasteiger partial charge is 0.465 e. The zero-order chi connectivity index (χ0) is 20.1. The maximum absolute atomic E-state index is 13.1. The minimum Gasteiger partial charge on any atom is -0.465 e. The number of ether oxygens (including phenoxy) is 1. The van der Waals surface area contributed by atoms with Crippen molar-refractivity contribution in [2.45, 2.75) is 6.54 Å². The number of para-hydroxylation sites is 1. The van der Waals surface area contributed by atoms with Gasteiger partial charge in [-0.05, 0) is 29.8 Å². The van der Waals surface area contributed by atoms with E-state index in [1.807, 2.05) is 30.3 Å². The Morgan fingerprint density at radius 1 is 1.00 bits per heavy atom. The van der Waals surface area contributed by atoms with Gasteiger partial charge in [-0.3, -0.25) is 4.90 Å². The molecule has 0 aliphatic carbocycles. The molecule has 2 aromatic carbocycles. The third-order valence-corrected chi connectivity index (χ3v) is 6.24. The summed E-state index contributed by atoms with van der Waals surface area (Å²) in [5.41, 5.74) is 2.00. The zero-order valence-electron chi connectivity index (χ0n) is 15.6. The molecule has 0 bridgehead atoms. The Hall–Kier alpha value is -2.87. The van der Waals surface area contributed by atoms with Crippen molar-refractivity contribution in [2.75, 3.05) is 36.6 Å². The third-order valence-electron chi connectivity index (χ3n) is 4.63. The van der Waals surface area contributed by atoms with E-state index in [0.29, 0.717) is 12.1 Å². The van der Waals surface area contributed by atoms with E-state index in [9.17, 15) is 18.0 Å². The summed E-state index contributed by atoms with van der Waals surface area (Å²) >= 11 is 0. The topological polar surface area (TPSA) is 84.0 Å². The summed E-state index contributed by atoms with van der Waals surface area (Å²) in [6.07, 6.45) is 0. The number of carbonyl (C=O) groups is 2. The Labute approximate surface area is 164 Å². The number of benzene rings is 2. The average molecular weight is 402 g/mol. The van der Waals surface area contributed by atoms with Crippen LogP contribution in [0.25, 0.3) is 0 Å². The average Bonchev–Trinajstić information content (AvgIpc) is 2.72. The summed E-state index contributed by atoms with van der Waals surface area (Å²) in [7, 11) is -1.75. The normalized spacial score (nSPS) is 15.7. The van der Waals surface area contributed by atoms with Crippen LogP contribution < -0.4 is 4.90 Å². The Kier molecular flexibility index (Phi) is 5.99. The second-order valence-corrected chi connectivity index (χ2v) is 8.84. The minimum atomic E-state index is -3.07. The predicted octanol–water partition coefficient (Wildman–Crippen LogP) is 2.33. The molecule has 1 fully saturated rings. The van der Waals surface area contributed by atoms with Crippen molar-refractivity contribution in [3.63, 3.8) is 0 Å². The second-order valence-electron chi connectivity index (χ2n) is 6.53. The lowest BCUT2D eigenvalue weighted by Crippen LogP contribution is -2.49. The molecule has 8 heteroatoms. The molecule has 0 unspecified atom stereocenters. The first-order valence-electron chi connectivity index (χ1n) is 8.89. The van der Waals surface area contributed by atoms with E-state index in [2.05, 4.69) is 0 Å². The lowest BCUT2D eigenvalue weighted by atomic mass is 10.1. The highest BCUT2D eigenvalue weighted by molar-refractivity contribution is 7.91. The van der Waals surface area contributed by atoms with E-state index in [-0.39, 0.29) is 30.6 Å². The van der Waals surface area contributed by atoms with E-state index in [4.69, 9.17) is 4.74 Å². The summed E-state index contributed by atoms with van der Waals surface area (Å²) < 4.78 is 28.0. The summed E-state index contributed by atoms with van der Waals surface area (Å²) in [6.45, 7) is 0.672. The highest BCUT2D eigenvalue weighted by Crippen LogP contribution is 2.20. The predicted molar refractivity (Wildman–Crippen MR) is 106 cm³/mol. The van der Waals surface area contributed by atoms with Gasteiger partial charge in [0.15, 0.2) is 9.84 Å². The number of hydrogen-bond acceptors (Lipinski definition) is 5. The van der Waals surface area contributed by atoms with Crippen LogP contribution in [0.5, 0.6) is 0 Å². The maximum Gasteiger partial charge on any atom is 0.337 e. The monoisotopic (exact) mass is 402 g/mol. The van der Waals surface area contributed by atoms with E-state index in [1.165, 1.54) is 7.11 Å². The van der Waals surface area contributed by atoms with Gasteiger partial charge in [-0.25, -0.2) is 18.0 Å². The summed E-state index contributed by atoms with van der Waals surface area (Å²) in [5, 5.41) is 0. The molecule has 0 aromatic heterocycles. The number of methoxy groups -OCH3 is 1. The molecule has 1 heterocycles. The molecule has 2 amide bonds. The summed E-state index contributed by atoms with van der Waals surface area (Å²) in [4.78, 5) is 27.9. The van der Waals surface area contributed by atoms with Crippen LogP contribution in [0.15, 0.2) is 54.6 Å². The van der Waals surface area contributed by atoms with Crippen LogP contribution in [0, 0.1) is 0 Å². The lowest BCUT2D eigenvalue weighted by molar-refractivity contribution is 0.0600. The van der Waals surface area contributed by atoms with Gasteiger partial charge in [0.1, 0.15) is 0 Å². The first-order valence-corrected chi connectivity index (χ1v) is 10.7. The van der Waals surface area contributed by atoms with Crippen molar-refractivity contribution in [3.8, 4) is 0 Å². The highest BCUT2D eigenvalue weighted by Gasteiger charge is 2.29. The van der Waals surface area contributed by atoms with Crippen molar-refractivity contribution in [1.82, 2.24) is 4.90 Å². The van der Waals surface area contributed by atoms with Crippen LogP contribution in [-0.4, -0.2) is 57.0 Å². The van der Waals surface area contributed by atoms with Crippen LogP contribution in [0.4, 0.5) is 10.5 Å². The minimum absolute atomic E-state index is 0.0187. The fourth-order valence-electron chi connectivity index (χ4n) is 3.00. The Bertz CT molecular complexity index is 928. The number of sulfone groups is 1. The van der Waals surface area contributed by atoms with Gasteiger partial charge in [-0.1, -0.05) is 30.3 Å². The summed E-state index contributed by atoms with van der Waals surface area (Å²) in [5.74, 6) is -0.457. The van der Waals surface area contributed by atoms with E-state index < -0.39 is 15.8 Å². The second kappa shape index (κ2) is 8.43. The van der Waals surface area contributed by atoms with E-state index in [1.54, 1.807) is 34.1 Å². The van der Waals surface area contributed by atoms with Gasteiger partial charge in [-0.2, -0.15) is 0 Å². The van der Waals surface area contributed by atoms with Gasteiger partial charge in [0.25, 0.3) is 0 Å². The van der Waals surface area contributed by atoms with Gasteiger partial charge in [-0.15, -0.1) is 0 Å². The molecular formula is C20H22N2O5S. The highest BCUT2D eigenvalue weighted by atomic mass is 32.2. The molecule has 0 atom stereocenters. The van der Waals surface area contributed by atoms with Crippen molar-refractivity contribution in [3.05, 3.63) is 65.7 Å². The quantitative estimate of drug-likeness (QED) is 0.733. The van der Waals surface area contributed by atoms with Crippen LogP contribution in [0.2, 0.25) is 0 Å². The Morgan fingerprint density at radius 2 is 1.61 bits per heavy atom. The molecule has 0 spiro atoms. The number of carbonyl (C=O) groups excluding carboxylic acids is 2. The molecule has 0 radical (unpaired) electrons. The van der Waals surface area contributed by atoms with Crippen molar-refractivity contribution < 1.29 is 22.7 Å². The SMILES string of the molecule is COC(=O)c1ccc(CN(C(=O)N2CCS(=O)(=O)CC2)c2ccccc2)cc1. The molecule has 2 aromatic rings. The molecule has 7 nitrogen and oxygen atoms in total. The molecule has 1 saturated heterocycles. The Balaban J connectivity index is 1.82. The van der Waals surface area contributed by atoms with Gasteiger partial charge in [0.2, 0.25) is 0 Å². The van der Waals surface area contributed by atoms with Gasteiger partial charge >= 0.3 is 12.0 Å². The third kappa shape index (κ3) is 4.69. The first-order chi connectivity index (χ1) is 13.4. The zero-order valence-corrected chi connectivity index (χ0v) is 16.4. The van der Waals surface area contributed by atoms with Crippen LogP contribution in [0.3, 0.4) is 0 Å². The van der Waals surface area contributed by atoms with E-state index >= 15 is 0 Å². The number of rotatable bonds is 4. The fourth-order valence-corrected chi connectivity index (χ4v) is 4.20. The molecule has 0 N–H and O–H groups in total. The van der Waals surface area contributed by atoms with Crippen molar-refractivity contribution >= 4 is 27.5 Å². The summed E-state index contributed by atoms with van der Waals surface area (Å²) in [6, 6.07) is 15.8. The molecular weight excluding hydrogens is 380 g/mol. The van der Waals surface area contributed by atoms with Gasteiger partial charge in [0.05, 0.1) is 30.7 Å². The molecule has 1 aliphatic rings. The van der Waals surface area contributed by atoms with Crippen molar-refractivity contribution in [2.24, 2.45) is 0 Å². The van der Waals surface area contributed by atoms with Crippen molar-refractivity contribution in [1.29, 1.82) is 0 Å². The van der Waals surface area contributed by atoms with Crippen LogP contribution in [-0.2, 0) is 21.1 Å². The number of nitrogens with zero attached hydrogens (tertiary/aromatic N) is 2. The smallest absolute Gasteiger partial charge is 0.337 e. The number of esters is 1. The fraction of sp³-hybridized carbons (Fsp3) is 0.300.